The van der Waals surface area contributed by atoms with Crippen molar-refractivity contribution in [1.82, 2.24) is 5.32 Å². The number of amides is 3. The van der Waals surface area contributed by atoms with Gasteiger partial charge in [-0.3, -0.25) is 14.3 Å². The molecule has 0 spiro atoms. The molecule has 27 heavy (non-hydrogen) atoms. The first-order valence-electron chi connectivity index (χ1n) is 7.92. The lowest BCUT2D eigenvalue weighted by Gasteiger charge is -2.09. The normalized spacial score (nSPS) is 11.3. The van der Waals surface area contributed by atoms with Gasteiger partial charge >= 0.3 is 12.0 Å². The average Bonchev–Trinajstić information content (AvgIpc) is 2.67. The fourth-order valence-corrected chi connectivity index (χ4v) is 3.02. The summed E-state index contributed by atoms with van der Waals surface area (Å²) in [4.78, 5) is 35.9. The second-order valence-corrected chi connectivity index (χ2v) is 6.90. The molecule has 142 valence electrons. The number of para-hydroxylation sites is 1. The highest BCUT2D eigenvalue weighted by atomic mass is 32.2. The molecule has 0 unspecified atom stereocenters. The second kappa shape index (κ2) is 9.58. The van der Waals surface area contributed by atoms with Gasteiger partial charge in [-0.15, -0.1) is 0 Å². The van der Waals surface area contributed by atoms with E-state index in [1.165, 1.54) is 30.3 Å². The van der Waals surface area contributed by atoms with Gasteiger partial charge in [-0.25, -0.2) is 14.0 Å². The molecule has 0 saturated heterocycles. The molecule has 0 fully saturated rings. The lowest BCUT2D eigenvalue weighted by Crippen LogP contribution is -2.37. The van der Waals surface area contributed by atoms with Gasteiger partial charge < -0.3 is 10.1 Å². The van der Waals surface area contributed by atoms with Crippen LogP contribution in [0, 0.1) is 5.82 Å². The van der Waals surface area contributed by atoms with Gasteiger partial charge in [0.05, 0.1) is 26.9 Å². The summed E-state index contributed by atoms with van der Waals surface area (Å²) in [5.41, 5.74) is -0.0166. The van der Waals surface area contributed by atoms with Crippen LogP contribution in [0.4, 0.5) is 14.9 Å². The van der Waals surface area contributed by atoms with Gasteiger partial charge in [-0.05, 0) is 24.3 Å². The zero-order valence-electron chi connectivity index (χ0n) is 14.4. The number of carbonyl (C=O) groups excluding carboxylic acids is 3. The second-order valence-electron chi connectivity index (χ2n) is 5.19. The summed E-state index contributed by atoms with van der Waals surface area (Å²) in [7, 11) is -1.37. The van der Waals surface area contributed by atoms with E-state index < -0.39 is 41.1 Å². The van der Waals surface area contributed by atoms with E-state index in [0.717, 1.165) is 6.07 Å². The average molecular weight is 392 g/mol. The van der Waals surface area contributed by atoms with Crippen LogP contribution in [-0.2, 0) is 20.3 Å². The molecule has 0 aliphatic carbocycles. The lowest BCUT2D eigenvalue weighted by atomic mass is 10.2. The van der Waals surface area contributed by atoms with Crippen LogP contribution < -0.4 is 10.6 Å². The van der Waals surface area contributed by atoms with Crippen LogP contribution >= 0.6 is 0 Å². The van der Waals surface area contributed by atoms with E-state index in [2.05, 4.69) is 5.32 Å². The molecule has 9 heteroatoms. The van der Waals surface area contributed by atoms with Gasteiger partial charge in [0.1, 0.15) is 5.82 Å². The molecule has 1 atom stereocenters. The number of anilines is 1. The number of benzene rings is 2. The first kappa shape index (κ1) is 20.2. The number of urea groups is 1. The molecule has 7 nitrogen and oxygen atoms in total. The molecule has 0 bridgehead atoms. The van der Waals surface area contributed by atoms with Gasteiger partial charge in [0.2, 0.25) is 0 Å². The topological polar surface area (TPSA) is 102 Å². The van der Waals surface area contributed by atoms with E-state index in [-0.39, 0.29) is 11.3 Å². The molecular weight excluding hydrogens is 375 g/mol. The Balaban J connectivity index is 1.90. The number of imide groups is 1. The monoisotopic (exact) mass is 392 g/mol. The maximum absolute atomic E-state index is 13.4. The van der Waals surface area contributed by atoms with Gasteiger partial charge in [-0.1, -0.05) is 31.2 Å². The van der Waals surface area contributed by atoms with Gasteiger partial charge in [0.25, 0.3) is 5.91 Å². The van der Waals surface area contributed by atoms with Gasteiger partial charge in [0, 0.05) is 5.75 Å². The number of rotatable bonds is 6. The number of esters is 1. The molecule has 2 aromatic rings. The summed E-state index contributed by atoms with van der Waals surface area (Å²) < 4.78 is 30.3. The fraction of sp³-hybridized carbons (Fsp3) is 0.167. The van der Waals surface area contributed by atoms with Crippen molar-refractivity contribution >= 4 is 34.4 Å². The van der Waals surface area contributed by atoms with E-state index in [9.17, 15) is 23.0 Å². The highest BCUT2D eigenvalue weighted by Gasteiger charge is 2.18. The summed E-state index contributed by atoms with van der Waals surface area (Å²) >= 11 is 0. The summed E-state index contributed by atoms with van der Waals surface area (Å²) in [6, 6.07) is 10.7. The molecule has 0 aromatic heterocycles. The third-order valence-corrected chi connectivity index (χ3v) is 4.69. The Bertz CT molecular complexity index is 888. The number of hydrogen-bond acceptors (Lipinski definition) is 5. The molecule has 0 saturated carbocycles. The van der Waals surface area contributed by atoms with E-state index in [0.29, 0.717) is 10.6 Å². The largest absolute Gasteiger partial charge is 0.452 e. The minimum absolute atomic E-state index is 0.0845. The lowest BCUT2D eigenvalue weighted by molar-refractivity contribution is -0.123. The quantitative estimate of drug-likeness (QED) is 0.736. The molecule has 2 aromatic carbocycles. The van der Waals surface area contributed by atoms with Crippen molar-refractivity contribution in [1.29, 1.82) is 0 Å². The van der Waals surface area contributed by atoms with Gasteiger partial charge in [-0.2, -0.15) is 0 Å². The van der Waals surface area contributed by atoms with Crippen molar-refractivity contribution in [3.8, 4) is 0 Å². The first-order chi connectivity index (χ1) is 12.9. The molecular formula is C18H17FN2O5S. The van der Waals surface area contributed by atoms with E-state index >= 15 is 0 Å². The van der Waals surface area contributed by atoms with Crippen molar-refractivity contribution in [2.75, 3.05) is 17.7 Å². The minimum Gasteiger partial charge on any atom is -0.452 e. The Morgan fingerprint density at radius 2 is 1.74 bits per heavy atom. The molecule has 0 aliphatic rings. The molecule has 2 rings (SSSR count). The highest BCUT2D eigenvalue weighted by molar-refractivity contribution is 7.85. The van der Waals surface area contributed by atoms with Crippen molar-refractivity contribution in [3.63, 3.8) is 0 Å². The minimum atomic E-state index is -1.37. The van der Waals surface area contributed by atoms with E-state index in [4.69, 9.17) is 4.74 Å². The standard InChI is InChI=1S/C18H17FN2O5S/c1-2-27(25)15-10-6-3-7-12(15)17(23)26-11-16(22)21-18(24)20-14-9-5-4-8-13(14)19/h3-10H,2,11H2,1H3,(H2,20,21,22,24)/t27-/m0/s1. The number of hydrogen-bond donors (Lipinski definition) is 2. The van der Waals surface area contributed by atoms with Crippen LogP contribution in [0.3, 0.4) is 0 Å². The maximum atomic E-state index is 13.4. The van der Waals surface area contributed by atoms with Crippen molar-refractivity contribution in [2.24, 2.45) is 0 Å². The van der Waals surface area contributed by atoms with Crippen LogP contribution in [0.1, 0.15) is 17.3 Å². The number of carbonyl (C=O) groups is 3. The van der Waals surface area contributed by atoms with Gasteiger partial charge in [0.15, 0.2) is 6.61 Å². The van der Waals surface area contributed by atoms with Crippen LogP contribution in [0.25, 0.3) is 0 Å². The molecule has 2 N–H and O–H groups in total. The van der Waals surface area contributed by atoms with Crippen LogP contribution in [-0.4, -0.2) is 34.5 Å². The van der Waals surface area contributed by atoms with E-state index in [1.807, 2.05) is 5.32 Å². The number of nitrogens with one attached hydrogen (secondary N) is 2. The Hall–Kier alpha value is -3.07. The predicted molar refractivity (Wildman–Crippen MR) is 97.2 cm³/mol. The summed E-state index contributed by atoms with van der Waals surface area (Å²) in [6.07, 6.45) is 0. The van der Waals surface area contributed by atoms with Crippen molar-refractivity contribution in [3.05, 3.63) is 59.9 Å². The summed E-state index contributed by atoms with van der Waals surface area (Å²) in [5, 5.41) is 4.08. The van der Waals surface area contributed by atoms with E-state index in [1.54, 1.807) is 19.1 Å². The fourth-order valence-electron chi connectivity index (χ4n) is 2.08. The Kier molecular flexibility index (Phi) is 7.18. The Labute approximate surface area is 157 Å². The SMILES string of the molecule is CC[S@](=O)c1ccccc1C(=O)OCC(=O)NC(=O)Nc1ccccc1F. The third-order valence-electron chi connectivity index (χ3n) is 3.32. The maximum Gasteiger partial charge on any atom is 0.339 e. The van der Waals surface area contributed by atoms with Crippen molar-refractivity contribution in [2.45, 2.75) is 11.8 Å². The first-order valence-corrected chi connectivity index (χ1v) is 9.24. The molecule has 0 aliphatic heterocycles. The molecule has 3 amide bonds. The van der Waals surface area contributed by atoms with Crippen LogP contribution in [0.2, 0.25) is 0 Å². The van der Waals surface area contributed by atoms with Crippen LogP contribution in [0.15, 0.2) is 53.4 Å². The van der Waals surface area contributed by atoms with Crippen LogP contribution in [0.5, 0.6) is 0 Å². The zero-order chi connectivity index (χ0) is 19.8. The number of ether oxygens (including phenoxy) is 1. The third kappa shape index (κ3) is 5.71. The molecule has 0 heterocycles. The predicted octanol–water partition coefficient (Wildman–Crippen LogP) is 2.46. The zero-order valence-corrected chi connectivity index (χ0v) is 15.2. The summed E-state index contributed by atoms with van der Waals surface area (Å²) in [5.74, 6) is -2.07. The Morgan fingerprint density at radius 3 is 2.44 bits per heavy atom. The smallest absolute Gasteiger partial charge is 0.339 e. The Morgan fingerprint density at radius 1 is 1.07 bits per heavy atom. The molecule has 0 radical (unpaired) electrons. The van der Waals surface area contributed by atoms with Crippen molar-refractivity contribution < 1.29 is 27.7 Å². The summed E-state index contributed by atoms with van der Waals surface area (Å²) in [6.45, 7) is 0.983. The highest BCUT2D eigenvalue weighted by Crippen LogP contribution is 2.15. The number of halogens is 1.